The lowest BCUT2D eigenvalue weighted by molar-refractivity contribution is -0.120. The number of anilines is 1. The zero-order valence-corrected chi connectivity index (χ0v) is 14.5. The number of hydrogen-bond donors (Lipinski definition) is 0. The Hall–Kier alpha value is -3.14. The summed E-state index contributed by atoms with van der Waals surface area (Å²) < 4.78 is 5.63. The first-order chi connectivity index (χ1) is 12.6. The third-order valence-corrected chi connectivity index (χ3v) is 4.82. The van der Waals surface area contributed by atoms with Gasteiger partial charge in [0.25, 0.3) is 0 Å². The van der Waals surface area contributed by atoms with Gasteiger partial charge in [-0.3, -0.25) is 9.59 Å². The van der Waals surface area contributed by atoms with Crippen molar-refractivity contribution in [3.05, 3.63) is 84.0 Å². The Morgan fingerprint density at radius 1 is 1.00 bits per heavy atom. The van der Waals surface area contributed by atoms with Gasteiger partial charge in [0.2, 0.25) is 5.91 Å². The predicted molar refractivity (Wildman–Crippen MR) is 100 cm³/mol. The van der Waals surface area contributed by atoms with Crippen molar-refractivity contribution < 1.29 is 14.3 Å². The van der Waals surface area contributed by atoms with E-state index >= 15 is 0 Å². The first-order valence-corrected chi connectivity index (χ1v) is 8.70. The Labute approximate surface area is 152 Å². The highest BCUT2D eigenvalue weighted by Gasteiger charge is 2.48. The SMILES string of the molecule is CCOc1ccc2c(c1)C1(C=CC(=O)C=C1)C(=O)N2Cc1ccccc1. The highest BCUT2D eigenvalue weighted by molar-refractivity contribution is 6.14. The monoisotopic (exact) mass is 345 g/mol. The van der Waals surface area contributed by atoms with Crippen molar-refractivity contribution in [1.82, 2.24) is 0 Å². The number of ketones is 1. The molecule has 130 valence electrons. The van der Waals surface area contributed by atoms with Gasteiger partial charge in [0.05, 0.1) is 13.2 Å². The maximum atomic E-state index is 13.4. The number of rotatable bonds is 4. The molecular weight excluding hydrogens is 326 g/mol. The Balaban J connectivity index is 1.82. The Bertz CT molecular complexity index is 912. The van der Waals surface area contributed by atoms with E-state index in [1.54, 1.807) is 17.1 Å². The fraction of sp³-hybridized carbons (Fsp3) is 0.182. The second kappa shape index (κ2) is 6.30. The van der Waals surface area contributed by atoms with Crippen molar-refractivity contribution in [2.75, 3.05) is 11.5 Å². The van der Waals surface area contributed by atoms with Crippen LogP contribution in [0.2, 0.25) is 0 Å². The molecule has 1 aliphatic carbocycles. The molecule has 1 amide bonds. The van der Waals surface area contributed by atoms with E-state index in [4.69, 9.17) is 4.74 Å². The third kappa shape index (κ3) is 2.54. The number of allylic oxidation sites excluding steroid dienone is 2. The number of ether oxygens (including phenoxy) is 1. The van der Waals surface area contributed by atoms with Crippen molar-refractivity contribution in [1.29, 1.82) is 0 Å². The van der Waals surface area contributed by atoms with Gasteiger partial charge in [-0.15, -0.1) is 0 Å². The molecule has 1 heterocycles. The van der Waals surface area contributed by atoms with Crippen LogP contribution >= 0.6 is 0 Å². The quantitative estimate of drug-likeness (QED) is 0.851. The van der Waals surface area contributed by atoms with Crippen LogP contribution in [0.1, 0.15) is 18.1 Å². The highest BCUT2D eigenvalue weighted by atomic mass is 16.5. The van der Waals surface area contributed by atoms with Gasteiger partial charge in [0.1, 0.15) is 11.2 Å². The van der Waals surface area contributed by atoms with Gasteiger partial charge >= 0.3 is 0 Å². The van der Waals surface area contributed by atoms with Gasteiger partial charge in [-0.2, -0.15) is 0 Å². The van der Waals surface area contributed by atoms with E-state index in [1.807, 2.05) is 55.5 Å². The van der Waals surface area contributed by atoms with Crippen LogP contribution < -0.4 is 9.64 Å². The van der Waals surface area contributed by atoms with E-state index in [-0.39, 0.29) is 11.7 Å². The zero-order valence-electron chi connectivity index (χ0n) is 14.5. The van der Waals surface area contributed by atoms with Crippen molar-refractivity contribution in [2.24, 2.45) is 0 Å². The van der Waals surface area contributed by atoms with E-state index < -0.39 is 5.41 Å². The Morgan fingerprint density at radius 2 is 1.73 bits per heavy atom. The molecule has 1 aliphatic heterocycles. The van der Waals surface area contributed by atoms with Crippen LogP contribution in [0.15, 0.2) is 72.8 Å². The lowest BCUT2D eigenvalue weighted by atomic mass is 9.78. The smallest absolute Gasteiger partial charge is 0.245 e. The van der Waals surface area contributed by atoms with Gasteiger partial charge in [-0.25, -0.2) is 0 Å². The van der Waals surface area contributed by atoms with Gasteiger partial charge in [-0.1, -0.05) is 42.5 Å². The molecule has 2 aromatic carbocycles. The number of hydrogen-bond acceptors (Lipinski definition) is 3. The van der Waals surface area contributed by atoms with Gasteiger partial charge < -0.3 is 9.64 Å². The molecular formula is C22H19NO3. The molecule has 0 aromatic heterocycles. The van der Waals surface area contributed by atoms with E-state index in [0.717, 1.165) is 22.6 Å². The summed E-state index contributed by atoms with van der Waals surface area (Å²) in [5.41, 5.74) is 1.82. The summed E-state index contributed by atoms with van der Waals surface area (Å²) in [6.45, 7) is 2.96. The summed E-state index contributed by atoms with van der Waals surface area (Å²) in [6.07, 6.45) is 6.36. The van der Waals surface area contributed by atoms with Gasteiger partial charge in [0.15, 0.2) is 5.78 Å². The molecule has 4 heteroatoms. The van der Waals surface area contributed by atoms with Crippen LogP contribution in [-0.2, 0) is 21.5 Å². The molecule has 0 saturated heterocycles. The molecule has 0 bridgehead atoms. The minimum absolute atomic E-state index is 0.0509. The second-order valence-electron chi connectivity index (χ2n) is 6.43. The van der Waals surface area contributed by atoms with Crippen molar-refractivity contribution in [3.8, 4) is 5.75 Å². The summed E-state index contributed by atoms with van der Waals surface area (Å²) in [6, 6.07) is 15.6. The van der Waals surface area contributed by atoms with Crippen LogP contribution in [-0.4, -0.2) is 18.3 Å². The van der Waals surface area contributed by atoms with Crippen LogP contribution in [0, 0.1) is 0 Å². The van der Waals surface area contributed by atoms with Crippen molar-refractivity contribution in [3.63, 3.8) is 0 Å². The van der Waals surface area contributed by atoms with Crippen LogP contribution in [0.3, 0.4) is 0 Å². The summed E-state index contributed by atoms with van der Waals surface area (Å²) in [4.78, 5) is 26.8. The van der Waals surface area contributed by atoms with Crippen molar-refractivity contribution in [2.45, 2.75) is 18.9 Å². The molecule has 2 aromatic rings. The van der Waals surface area contributed by atoms with E-state index in [9.17, 15) is 9.59 Å². The van der Waals surface area contributed by atoms with Gasteiger partial charge in [-0.05, 0) is 42.8 Å². The Kier molecular flexibility index (Phi) is 3.96. The predicted octanol–water partition coefficient (Wildman–Crippen LogP) is 3.57. The third-order valence-electron chi connectivity index (χ3n) is 4.82. The lowest BCUT2D eigenvalue weighted by Crippen LogP contribution is -2.38. The standard InChI is InChI=1S/C22H19NO3/c1-2-26-18-8-9-20-19(14-18)22(12-10-17(24)11-13-22)21(25)23(20)15-16-6-4-3-5-7-16/h3-14H,2,15H2,1H3. The van der Waals surface area contributed by atoms with Gasteiger partial charge in [0, 0.05) is 11.3 Å². The topological polar surface area (TPSA) is 46.6 Å². The minimum Gasteiger partial charge on any atom is -0.494 e. The molecule has 4 rings (SSSR count). The maximum Gasteiger partial charge on any atom is 0.245 e. The Morgan fingerprint density at radius 3 is 2.42 bits per heavy atom. The number of carbonyl (C=O) groups excluding carboxylic acids is 2. The van der Waals surface area contributed by atoms with Crippen LogP contribution in [0.25, 0.3) is 0 Å². The number of amides is 1. The summed E-state index contributed by atoms with van der Waals surface area (Å²) in [7, 11) is 0. The summed E-state index contributed by atoms with van der Waals surface area (Å²) in [5, 5.41) is 0. The number of fused-ring (bicyclic) bond motifs is 2. The molecule has 26 heavy (non-hydrogen) atoms. The fourth-order valence-electron chi connectivity index (χ4n) is 3.57. The molecule has 1 spiro atoms. The molecule has 0 radical (unpaired) electrons. The van der Waals surface area contributed by atoms with Crippen LogP contribution in [0.4, 0.5) is 5.69 Å². The molecule has 0 fully saturated rings. The zero-order chi connectivity index (χ0) is 18.1. The molecule has 0 saturated carbocycles. The number of carbonyl (C=O) groups is 2. The largest absolute Gasteiger partial charge is 0.494 e. The average Bonchev–Trinajstić information content (AvgIpc) is 2.88. The molecule has 0 N–H and O–H groups in total. The first-order valence-electron chi connectivity index (χ1n) is 8.70. The fourth-order valence-corrected chi connectivity index (χ4v) is 3.57. The summed E-state index contributed by atoms with van der Waals surface area (Å²) >= 11 is 0. The van der Waals surface area contributed by atoms with Crippen molar-refractivity contribution >= 4 is 17.4 Å². The first kappa shape index (κ1) is 16.3. The van der Waals surface area contributed by atoms with Crippen LogP contribution in [0.5, 0.6) is 5.75 Å². The summed E-state index contributed by atoms with van der Waals surface area (Å²) in [5.74, 6) is 0.566. The maximum absolute atomic E-state index is 13.4. The average molecular weight is 345 g/mol. The number of nitrogens with zero attached hydrogens (tertiary/aromatic N) is 1. The molecule has 0 atom stereocenters. The van der Waals surface area contributed by atoms with E-state index in [0.29, 0.717) is 13.2 Å². The number of benzene rings is 2. The lowest BCUT2D eigenvalue weighted by Gasteiger charge is -2.24. The minimum atomic E-state index is -0.939. The molecule has 0 unspecified atom stereocenters. The second-order valence-corrected chi connectivity index (χ2v) is 6.43. The molecule has 2 aliphatic rings. The molecule has 4 nitrogen and oxygen atoms in total. The highest BCUT2D eigenvalue weighted by Crippen LogP contribution is 2.47. The van der Waals surface area contributed by atoms with E-state index in [1.165, 1.54) is 12.2 Å². The van der Waals surface area contributed by atoms with E-state index in [2.05, 4.69) is 0 Å². The normalized spacial score (nSPS) is 17.0.